The van der Waals surface area contributed by atoms with Gasteiger partial charge in [0.1, 0.15) is 5.01 Å². The third kappa shape index (κ3) is 1.29. The van der Waals surface area contributed by atoms with Crippen LogP contribution >= 0.6 is 11.3 Å². The number of aromatic nitrogens is 1. The monoisotopic (exact) mass is 140 g/mol. The molecule has 0 unspecified atom stereocenters. The number of hydrogen-bond acceptors (Lipinski definition) is 3. The maximum atomic E-state index is 5.38. The van der Waals surface area contributed by atoms with E-state index < -0.39 is 0 Å². The molecule has 0 spiro atoms. The van der Waals surface area contributed by atoms with Crippen LogP contribution in [0.2, 0.25) is 0 Å². The van der Waals surface area contributed by atoms with Crippen LogP contribution in [0.3, 0.4) is 0 Å². The first kappa shape index (κ1) is 6.29. The Morgan fingerprint density at radius 2 is 2.56 bits per heavy atom. The molecule has 0 fully saturated rings. The minimum Gasteiger partial charge on any atom is -0.397 e. The van der Waals surface area contributed by atoms with Gasteiger partial charge >= 0.3 is 0 Å². The fourth-order valence-corrected chi connectivity index (χ4v) is 1.18. The van der Waals surface area contributed by atoms with Crippen molar-refractivity contribution < 1.29 is 0 Å². The average molecular weight is 140 g/mol. The van der Waals surface area contributed by atoms with Gasteiger partial charge in [-0.15, -0.1) is 11.3 Å². The maximum Gasteiger partial charge on any atom is 0.138 e. The number of hydrogen-bond donors (Lipinski definition) is 1. The molecule has 0 radical (unpaired) electrons. The molecule has 0 saturated carbocycles. The lowest BCUT2D eigenvalue weighted by atomic mass is 10.5. The lowest BCUT2D eigenvalue weighted by molar-refractivity contribution is 1.23. The molecule has 0 amide bonds. The van der Waals surface area contributed by atoms with Crippen molar-refractivity contribution in [3.8, 4) is 0 Å². The van der Waals surface area contributed by atoms with Crippen molar-refractivity contribution in [2.75, 3.05) is 0 Å². The van der Waals surface area contributed by atoms with Gasteiger partial charge in [-0.3, -0.25) is 0 Å². The Hall–Kier alpha value is -0.830. The fourth-order valence-electron chi connectivity index (χ4n) is 0.501. The summed E-state index contributed by atoms with van der Waals surface area (Å²) in [5.41, 5.74) is 6.93. The molecule has 2 N–H and O–H groups in total. The molecule has 0 bridgehead atoms. The SMILES string of the molecule is C=C(N)c1nc(C)cs1. The highest BCUT2D eigenvalue weighted by atomic mass is 32.1. The van der Waals surface area contributed by atoms with Gasteiger partial charge in [-0.1, -0.05) is 6.58 Å². The second-order valence-corrected chi connectivity index (χ2v) is 2.68. The topological polar surface area (TPSA) is 38.9 Å². The summed E-state index contributed by atoms with van der Waals surface area (Å²) >= 11 is 1.52. The van der Waals surface area contributed by atoms with Crippen LogP contribution in [0.5, 0.6) is 0 Å². The highest BCUT2D eigenvalue weighted by Crippen LogP contribution is 2.12. The second-order valence-electron chi connectivity index (χ2n) is 1.82. The molecule has 9 heavy (non-hydrogen) atoms. The molecule has 1 rings (SSSR count). The lowest BCUT2D eigenvalue weighted by Crippen LogP contribution is -1.91. The molecule has 0 saturated heterocycles. The number of rotatable bonds is 1. The van der Waals surface area contributed by atoms with Gasteiger partial charge in [-0.05, 0) is 6.92 Å². The summed E-state index contributed by atoms with van der Waals surface area (Å²) in [6, 6.07) is 0. The Morgan fingerprint density at radius 1 is 1.89 bits per heavy atom. The van der Waals surface area contributed by atoms with Gasteiger partial charge in [0.25, 0.3) is 0 Å². The summed E-state index contributed by atoms with van der Waals surface area (Å²) in [6.45, 7) is 5.50. The Balaban J connectivity index is 2.98. The number of nitrogens with two attached hydrogens (primary N) is 1. The highest BCUT2D eigenvalue weighted by Gasteiger charge is 1.96. The molecular weight excluding hydrogens is 132 g/mol. The van der Waals surface area contributed by atoms with Gasteiger partial charge in [0.15, 0.2) is 0 Å². The first-order chi connectivity index (χ1) is 4.20. The molecule has 0 aliphatic heterocycles. The first-order valence-corrected chi connectivity index (χ1v) is 3.45. The van der Waals surface area contributed by atoms with Gasteiger partial charge < -0.3 is 5.73 Å². The van der Waals surface area contributed by atoms with E-state index in [1.807, 2.05) is 12.3 Å². The van der Waals surface area contributed by atoms with E-state index in [0.29, 0.717) is 5.70 Å². The zero-order chi connectivity index (χ0) is 6.85. The molecule has 48 valence electrons. The third-order valence-electron chi connectivity index (χ3n) is 0.894. The standard InChI is InChI=1S/C6H8N2S/c1-4-3-9-6(8-4)5(2)7/h3H,2,7H2,1H3. The van der Waals surface area contributed by atoms with Crippen LogP contribution in [-0.4, -0.2) is 4.98 Å². The molecule has 3 heteroatoms. The summed E-state index contributed by atoms with van der Waals surface area (Å²) in [5, 5.41) is 2.78. The van der Waals surface area contributed by atoms with Crippen molar-refractivity contribution >= 4 is 17.0 Å². The average Bonchev–Trinajstić information content (AvgIpc) is 2.14. The number of thiazole rings is 1. The van der Waals surface area contributed by atoms with E-state index in [2.05, 4.69) is 11.6 Å². The zero-order valence-corrected chi connectivity index (χ0v) is 6.03. The van der Waals surface area contributed by atoms with Crippen LogP contribution in [0.1, 0.15) is 10.7 Å². The molecule has 2 nitrogen and oxygen atoms in total. The Kier molecular flexibility index (Phi) is 1.53. The van der Waals surface area contributed by atoms with E-state index in [0.717, 1.165) is 10.7 Å². The molecule has 0 atom stereocenters. The zero-order valence-electron chi connectivity index (χ0n) is 5.22. The predicted octanol–water partition coefficient (Wildman–Crippen LogP) is 1.38. The van der Waals surface area contributed by atoms with Gasteiger partial charge in [-0.25, -0.2) is 4.98 Å². The van der Waals surface area contributed by atoms with E-state index >= 15 is 0 Å². The van der Waals surface area contributed by atoms with Crippen molar-refractivity contribution in [3.05, 3.63) is 22.7 Å². The molecule has 0 aliphatic carbocycles. The summed E-state index contributed by atoms with van der Waals surface area (Å²) < 4.78 is 0. The van der Waals surface area contributed by atoms with E-state index in [1.165, 1.54) is 11.3 Å². The van der Waals surface area contributed by atoms with Gasteiger partial charge in [-0.2, -0.15) is 0 Å². The second kappa shape index (κ2) is 2.19. The molecule has 0 aliphatic rings. The molecular formula is C6H8N2S. The van der Waals surface area contributed by atoms with E-state index in [-0.39, 0.29) is 0 Å². The quantitative estimate of drug-likeness (QED) is 0.640. The van der Waals surface area contributed by atoms with Gasteiger partial charge in [0.05, 0.1) is 5.70 Å². The van der Waals surface area contributed by atoms with Crippen molar-refractivity contribution in [2.24, 2.45) is 5.73 Å². The summed E-state index contributed by atoms with van der Waals surface area (Å²) in [7, 11) is 0. The lowest BCUT2D eigenvalue weighted by Gasteiger charge is -1.86. The Morgan fingerprint density at radius 3 is 2.78 bits per heavy atom. The van der Waals surface area contributed by atoms with Crippen LogP contribution in [0.4, 0.5) is 0 Å². The smallest absolute Gasteiger partial charge is 0.138 e. The van der Waals surface area contributed by atoms with Crippen LogP contribution in [0, 0.1) is 6.92 Å². The number of nitrogens with zero attached hydrogens (tertiary/aromatic N) is 1. The van der Waals surface area contributed by atoms with Crippen LogP contribution in [0.15, 0.2) is 12.0 Å². The highest BCUT2D eigenvalue weighted by molar-refractivity contribution is 7.10. The maximum absolute atomic E-state index is 5.38. The van der Waals surface area contributed by atoms with E-state index in [4.69, 9.17) is 5.73 Å². The summed E-state index contributed by atoms with van der Waals surface area (Å²) in [4.78, 5) is 4.10. The van der Waals surface area contributed by atoms with Crippen LogP contribution in [0.25, 0.3) is 5.70 Å². The molecule has 1 aromatic rings. The molecule has 1 aromatic heterocycles. The Bertz CT molecular complexity index is 227. The van der Waals surface area contributed by atoms with Crippen LogP contribution < -0.4 is 5.73 Å². The van der Waals surface area contributed by atoms with Crippen molar-refractivity contribution in [2.45, 2.75) is 6.92 Å². The minimum absolute atomic E-state index is 0.549. The summed E-state index contributed by atoms with van der Waals surface area (Å²) in [6.07, 6.45) is 0. The van der Waals surface area contributed by atoms with Crippen molar-refractivity contribution in [3.63, 3.8) is 0 Å². The molecule has 0 aromatic carbocycles. The third-order valence-corrected chi connectivity index (χ3v) is 1.93. The first-order valence-electron chi connectivity index (χ1n) is 2.57. The number of aryl methyl sites for hydroxylation is 1. The van der Waals surface area contributed by atoms with Crippen molar-refractivity contribution in [1.82, 2.24) is 4.98 Å². The van der Waals surface area contributed by atoms with Crippen molar-refractivity contribution in [1.29, 1.82) is 0 Å². The Labute approximate surface area is 58.0 Å². The van der Waals surface area contributed by atoms with Gasteiger partial charge in [0, 0.05) is 11.1 Å². The fraction of sp³-hybridized carbons (Fsp3) is 0.167. The van der Waals surface area contributed by atoms with E-state index in [1.54, 1.807) is 0 Å². The van der Waals surface area contributed by atoms with Gasteiger partial charge in [0.2, 0.25) is 0 Å². The van der Waals surface area contributed by atoms with E-state index in [9.17, 15) is 0 Å². The summed E-state index contributed by atoms with van der Waals surface area (Å²) in [5.74, 6) is 0. The predicted molar refractivity (Wildman–Crippen MR) is 40.1 cm³/mol. The largest absolute Gasteiger partial charge is 0.397 e. The van der Waals surface area contributed by atoms with Crippen LogP contribution in [-0.2, 0) is 0 Å². The minimum atomic E-state index is 0.549. The normalized spacial score (nSPS) is 9.44. The molecule has 1 heterocycles.